The van der Waals surface area contributed by atoms with Gasteiger partial charge >= 0.3 is 0 Å². The summed E-state index contributed by atoms with van der Waals surface area (Å²) in [5, 5.41) is 11.4. The highest BCUT2D eigenvalue weighted by Gasteiger charge is 2.22. The van der Waals surface area contributed by atoms with Crippen LogP contribution in [-0.2, 0) is 20.8 Å². The van der Waals surface area contributed by atoms with E-state index in [0.29, 0.717) is 38.3 Å². The molecule has 0 aliphatic carbocycles. The van der Waals surface area contributed by atoms with Crippen LogP contribution in [0.2, 0.25) is 0 Å². The minimum atomic E-state index is -0.219. The Balaban J connectivity index is 1.73. The summed E-state index contributed by atoms with van der Waals surface area (Å²) in [6, 6.07) is 9.13. The van der Waals surface area contributed by atoms with Crippen molar-refractivity contribution in [1.82, 2.24) is 9.80 Å². The molecule has 1 saturated heterocycles. The maximum atomic E-state index is 12.2. The van der Waals surface area contributed by atoms with Gasteiger partial charge in [0.05, 0.1) is 12.5 Å². The molecule has 25 heavy (non-hydrogen) atoms. The Hall–Kier alpha value is -2.88. The van der Waals surface area contributed by atoms with E-state index in [0.717, 1.165) is 5.56 Å². The van der Waals surface area contributed by atoms with Gasteiger partial charge in [0.1, 0.15) is 0 Å². The van der Waals surface area contributed by atoms with Crippen molar-refractivity contribution >= 4 is 23.4 Å². The summed E-state index contributed by atoms with van der Waals surface area (Å²) < 4.78 is 0. The Bertz CT molecular complexity index is 671. The number of hydrogen-bond donors (Lipinski definition) is 1. The predicted octanol–water partition coefficient (Wildman–Crippen LogP) is 1.16. The zero-order valence-corrected chi connectivity index (χ0v) is 14.3. The van der Waals surface area contributed by atoms with Gasteiger partial charge in [-0.25, -0.2) is 0 Å². The lowest BCUT2D eigenvalue weighted by atomic mass is 10.1. The number of benzene rings is 1. The van der Waals surface area contributed by atoms with Crippen molar-refractivity contribution in [2.45, 2.75) is 26.2 Å². The molecule has 0 atom stereocenters. The number of hydrogen-bond acceptors (Lipinski definition) is 4. The van der Waals surface area contributed by atoms with Crippen LogP contribution in [0.1, 0.15) is 25.3 Å². The topological polar surface area (TPSA) is 93.5 Å². The summed E-state index contributed by atoms with van der Waals surface area (Å²) in [7, 11) is 0. The molecule has 7 nitrogen and oxygen atoms in total. The molecule has 1 aliphatic rings. The number of piperazine rings is 1. The molecule has 1 N–H and O–H groups in total. The lowest BCUT2D eigenvalue weighted by Crippen LogP contribution is -2.50. The number of anilines is 1. The van der Waals surface area contributed by atoms with Crippen LogP contribution in [0, 0.1) is 11.3 Å². The van der Waals surface area contributed by atoms with Gasteiger partial charge in [-0.1, -0.05) is 12.1 Å². The third kappa shape index (κ3) is 5.60. The van der Waals surface area contributed by atoms with Crippen LogP contribution in [0.3, 0.4) is 0 Å². The van der Waals surface area contributed by atoms with Crippen LogP contribution >= 0.6 is 0 Å². The van der Waals surface area contributed by atoms with E-state index in [1.165, 1.54) is 6.92 Å². The van der Waals surface area contributed by atoms with Crippen molar-refractivity contribution < 1.29 is 14.4 Å². The van der Waals surface area contributed by atoms with Gasteiger partial charge in [-0.15, -0.1) is 0 Å². The van der Waals surface area contributed by atoms with E-state index < -0.39 is 0 Å². The van der Waals surface area contributed by atoms with E-state index in [1.54, 1.807) is 34.1 Å². The summed E-state index contributed by atoms with van der Waals surface area (Å²) in [5.74, 6) is -0.265. The fourth-order valence-electron chi connectivity index (χ4n) is 2.67. The van der Waals surface area contributed by atoms with Gasteiger partial charge in [-0.2, -0.15) is 5.26 Å². The molecule has 0 spiro atoms. The number of nitriles is 1. The first-order valence-corrected chi connectivity index (χ1v) is 8.28. The molecule has 132 valence electrons. The maximum Gasteiger partial charge on any atom is 0.224 e. The van der Waals surface area contributed by atoms with E-state index in [9.17, 15) is 14.4 Å². The van der Waals surface area contributed by atoms with Crippen LogP contribution < -0.4 is 5.32 Å². The number of nitrogens with one attached hydrogen (secondary N) is 1. The molecule has 2 rings (SSSR count). The first-order valence-electron chi connectivity index (χ1n) is 8.28. The monoisotopic (exact) mass is 342 g/mol. The number of amides is 3. The van der Waals surface area contributed by atoms with Gasteiger partial charge in [0, 0.05) is 51.6 Å². The fraction of sp³-hybridized carbons (Fsp3) is 0.444. The second-order valence-electron chi connectivity index (χ2n) is 5.97. The third-order valence-corrected chi connectivity index (χ3v) is 4.16. The van der Waals surface area contributed by atoms with Crippen LogP contribution in [0.5, 0.6) is 0 Å². The van der Waals surface area contributed by atoms with E-state index in [2.05, 4.69) is 11.4 Å². The normalized spacial score (nSPS) is 13.9. The van der Waals surface area contributed by atoms with Gasteiger partial charge in [0.2, 0.25) is 17.7 Å². The van der Waals surface area contributed by atoms with Crippen molar-refractivity contribution in [2.75, 3.05) is 31.5 Å². The molecule has 1 heterocycles. The Morgan fingerprint density at radius 2 is 1.64 bits per heavy atom. The van der Waals surface area contributed by atoms with Gasteiger partial charge in [0.25, 0.3) is 0 Å². The Morgan fingerprint density at radius 1 is 1.04 bits per heavy atom. The molecule has 0 bridgehead atoms. The summed E-state index contributed by atoms with van der Waals surface area (Å²) in [5.41, 5.74) is 1.54. The Morgan fingerprint density at radius 3 is 2.20 bits per heavy atom. The smallest absolute Gasteiger partial charge is 0.224 e. The molecular weight excluding hydrogens is 320 g/mol. The minimum absolute atomic E-state index is 0.0206. The van der Waals surface area contributed by atoms with Gasteiger partial charge in [-0.05, 0) is 17.7 Å². The van der Waals surface area contributed by atoms with Gasteiger partial charge in [-0.3, -0.25) is 14.4 Å². The van der Waals surface area contributed by atoms with Gasteiger partial charge < -0.3 is 15.1 Å². The first kappa shape index (κ1) is 18.5. The minimum Gasteiger partial charge on any atom is -0.339 e. The predicted molar refractivity (Wildman–Crippen MR) is 92.5 cm³/mol. The zero-order chi connectivity index (χ0) is 18.2. The van der Waals surface area contributed by atoms with E-state index in [-0.39, 0.29) is 30.6 Å². The molecule has 0 unspecified atom stereocenters. The van der Waals surface area contributed by atoms with Crippen molar-refractivity contribution in [3.8, 4) is 6.07 Å². The van der Waals surface area contributed by atoms with Crippen LogP contribution in [0.15, 0.2) is 24.3 Å². The maximum absolute atomic E-state index is 12.2. The van der Waals surface area contributed by atoms with Crippen molar-refractivity contribution in [1.29, 1.82) is 5.26 Å². The molecule has 1 aliphatic heterocycles. The van der Waals surface area contributed by atoms with Gasteiger partial charge in [0.15, 0.2) is 0 Å². The Kier molecular flexibility index (Phi) is 6.52. The number of carbonyl (C=O) groups is 3. The number of nitrogens with zero attached hydrogens (tertiary/aromatic N) is 3. The van der Waals surface area contributed by atoms with E-state index in [1.807, 2.05) is 0 Å². The second kappa shape index (κ2) is 8.83. The number of carbonyl (C=O) groups excluding carboxylic acids is 3. The molecule has 0 saturated carbocycles. The summed E-state index contributed by atoms with van der Waals surface area (Å²) in [6.07, 6.45) is 0.601. The lowest BCUT2D eigenvalue weighted by molar-refractivity contribution is -0.138. The second-order valence-corrected chi connectivity index (χ2v) is 5.97. The van der Waals surface area contributed by atoms with E-state index >= 15 is 0 Å². The molecule has 1 aromatic rings. The SMILES string of the molecule is CC(=O)N1CCN(C(=O)CCC(=O)Nc2ccc(CC#N)cc2)CC1. The van der Waals surface area contributed by atoms with Crippen LogP contribution in [0.4, 0.5) is 5.69 Å². The lowest BCUT2D eigenvalue weighted by Gasteiger charge is -2.34. The summed E-state index contributed by atoms with van der Waals surface area (Å²) in [4.78, 5) is 38.8. The van der Waals surface area contributed by atoms with Crippen LogP contribution in [-0.4, -0.2) is 53.7 Å². The average molecular weight is 342 g/mol. The highest BCUT2D eigenvalue weighted by Crippen LogP contribution is 2.11. The first-order chi connectivity index (χ1) is 12.0. The quantitative estimate of drug-likeness (QED) is 0.869. The van der Waals surface area contributed by atoms with E-state index in [4.69, 9.17) is 5.26 Å². The summed E-state index contributed by atoms with van der Waals surface area (Å²) >= 11 is 0. The van der Waals surface area contributed by atoms with Crippen molar-refractivity contribution in [2.24, 2.45) is 0 Å². The largest absolute Gasteiger partial charge is 0.339 e. The highest BCUT2D eigenvalue weighted by molar-refractivity contribution is 5.93. The van der Waals surface area contributed by atoms with Crippen molar-refractivity contribution in [3.05, 3.63) is 29.8 Å². The zero-order valence-electron chi connectivity index (χ0n) is 14.3. The third-order valence-electron chi connectivity index (χ3n) is 4.16. The number of rotatable bonds is 5. The molecule has 7 heteroatoms. The molecule has 3 amide bonds. The molecule has 1 fully saturated rings. The highest BCUT2D eigenvalue weighted by atomic mass is 16.2. The fourth-order valence-corrected chi connectivity index (χ4v) is 2.67. The molecule has 1 aromatic carbocycles. The molecule has 0 radical (unpaired) electrons. The average Bonchev–Trinajstić information content (AvgIpc) is 2.61. The van der Waals surface area contributed by atoms with Crippen molar-refractivity contribution in [3.63, 3.8) is 0 Å². The standard InChI is InChI=1S/C18H22N4O3/c1-14(23)21-10-12-22(13-11-21)18(25)7-6-17(24)20-16-4-2-15(3-5-16)8-9-19/h2-5H,6-8,10-13H2,1H3,(H,20,24). The molecule has 0 aromatic heterocycles. The molecular formula is C18H22N4O3. The Labute approximate surface area is 147 Å². The summed E-state index contributed by atoms with van der Waals surface area (Å²) in [6.45, 7) is 3.64. The van der Waals surface area contributed by atoms with Crippen LogP contribution in [0.25, 0.3) is 0 Å².